The Balaban J connectivity index is 1.67. The van der Waals surface area contributed by atoms with Gasteiger partial charge in [0.25, 0.3) is 11.5 Å². The maximum absolute atomic E-state index is 12.9. The Bertz CT molecular complexity index is 937. The fourth-order valence-corrected chi connectivity index (χ4v) is 4.46. The zero-order chi connectivity index (χ0) is 16.9. The quantitative estimate of drug-likeness (QED) is 0.810. The molecule has 0 bridgehead atoms. The Kier molecular flexibility index (Phi) is 3.60. The van der Waals surface area contributed by atoms with E-state index in [-0.39, 0.29) is 11.5 Å². The fraction of sp³-hybridized carbons (Fsp3) is 0.500. The van der Waals surface area contributed by atoms with E-state index in [1.165, 1.54) is 30.3 Å². The van der Waals surface area contributed by atoms with Crippen LogP contribution in [0.25, 0.3) is 10.9 Å². The van der Waals surface area contributed by atoms with Crippen LogP contribution in [-0.4, -0.2) is 33.4 Å². The molecule has 126 valence electrons. The SMILES string of the molecule is Cn1c(=S)[nH]c2cc(C(=O)N3CCC4(CCCC4)C3)ccc2c1=O. The van der Waals surface area contributed by atoms with Crippen LogP contribution in [0.2, 0.25) is 0 Å². The molecular formula is C18H21N3O2S. The van der Waals surface area contributed by atoms with Crippen LogP contribution in [0.15, 0.2) is 23.0 Å². The Morgan fingerprint density at radius 2 is 2.00 bits per heavy atom. The van der Waals surface area contributed by atoms with E-state index in [1.54, 1.807) is 25.2 Å². The van der Waals surface area contributed by atoms with Crippen LogP contribution in [0.3, 0.4) is 0 Å². The van der Waals surface area contributed by atoms with E-state index in [2.05, 4.69) is 4.98 Å². The predicted molar refractivity (Wildman–Crippen MR) is 95.8 cm³/mol. The predicted octanol–water partition coefficient (Wildman–Crippen LogP) is 3.00. The smallest absolute Gasteiger partial charge is 0.261 e. The molecule has 5 nitrogen and oxygen atoms in total. The molecule has 2 heterocycles. The van der Waals surface area contributed by atoms with Gasteiger partial charge in [-0.15, -0.1) is 0 Å². The first-order valence-electron chi connectivity index (χ1n) is 8.52. The van der Waals surface area contributed by atoms with Gasteiger partial charge in [-0.2, -0.15) is 0 Å². The Labute approximate surface area is 145 Å². The highest BCUT2D eigenvalue weighted by Crippen LogP contribution is 2.45. The number of nitrogens with one attached hydrogen (secondary N) is 1. The van der Waals surface area contributed by atoms with Crippen molar-refractivity contribution in [2.75, 3.05) is 13.1 Å². The number of amides is 1. The summed E-state index contributed by atoms with van der Waals surface area (Å²) in [7, 11) is 1.64. The molecule has 1 aromatic heterocycles. The van der Waals surface area contributed by atoms with Gasteiger partial charge in [-0.3, -0.25) is 14.2 Å². The number of likely N-dealkylation sites (tertiary alicyclic amines) is 1. The van der Waals surface area contributed by atoms with Crippen molar-refractivity contribution in [1.29, 1.82) is 0 Å². The van der Waals surface area contributed by atoms with Gasteiger partial charge in [0.15, 0.2) is 4.77 Å². The summed E-state index contributed by atoms with van der Waals surface area (Å²) < 4.78 is 1.77. The molecule has 1 amide bonds. The first-order valence-corrected chi connectivity index (χ1v) is 8.92. The summed E-state index contributed by atoms with van der Waals surface area (Å²) in [6.07, 6.45) is 6.19. The molecule has 2 aliphatic rings. The molecular weight excluding hydrogens is 322 g/mol. The summed E-state index contributed by atoms with van der Waals surface area (Å²) in [6, 6.07) is 5.23. The van der Waals surface area contributed by atoms with Crippen molar-refractivity contribution in [2.45, 2.75) is 32.1 Å². The lowest BCUT2D eigenvalue weighted by Gasteiger charge is -2.23. The number of carbonyl (C=O) groups excluding carboxylic acids is 1. The molecule has 24 heavy (non-hydrogen) atoms. The summed E-state index contributed by atoms with van der Waals surface area (Å²) in [6.45, 7) is 1.71. The average molecular weight is 343 g/mol. The van der Waals surface area contributed by atoms with Crippen LogP contribution in [0.1, 0.15) is 42.5 Å². The van der Waals surface area contributed by atoms with Gasteiger partial charge in [-0.25, -0.2) is 0 Å². The molecule has 6 heteroatoms. The first-order chi connectivity index (χ1) is 11.5. The van der Waals surface area contributed by atoms with Crippen molar-refractivity contribution in [3.05, 3.63) is 38.9 Å². The lowest BCUT2D eigenvalue weighted by Crippen LogP contribution is -2.31. The number of hydrogen-bond donors (Lipinski definition) is 1. The molecule has 1 saturated carbocycles. The molecule has 1 aliphatic carbocycles. The van der Waals surface area contributed by atoms with Gasteiger partial charge in [0.2, 0.25) is 0 Å². The third-order valence-electron chi connectivity index (χ3n) is 5.74. The molecule has 1 saturated heterocycles. The van der Waals surface area contributed by atoms with Crippen molar-refractivity contribution in [2.24, 2.45) is 12.5 Å². The third-order valence-corrected chi connectivity index (χ3v) is 6.11. The minimum absolute atomic E-state index is 0.0562. The lowest BCUT2D eigenvalue weighted by atomic mass is 9.86. The van der Waals surface area contributed by atoms with Crippen molar-refractivity contribution in [3.63, 3.8) is 0 Å². The molecule has 2 fully saturated rings. The van der Waals surface area contributed by atoms with E-state index in [0.717, 1.165) is 19.5 Å². The van der Waals surface area contributed by atoms with Crippen LogP contribution in [0.5, 0.6) is 0 Å². The molecule has 1 aliphatic heterocycles. The normalized spacial score (nSPS) is 19.5. The maximum atomic E-state index is 12.9. The number of nitrogens with zero attached hydrogens (tertiary/aromatic N) is 2. The van der Waals surface area contributed by atoms with Gasteiger partial charge in [0.1, 0.15) is 0 Å². The third kappa shape index (κ3) is 2.40. The molecule has 0 unspecified atom stereocenters. The largest absolute Gasteiger partial charge is 0.338 e. The van der Waals surface area contributed by atoms with E-state index in [9.17, 15) is 9.59 Å². The van der Waals surface area contributed by atoms with Gasteiger partial charge in [0.05, 0.1) is 10.9 Å². The molecule has 0 radical (unpaired) electrons. The van der Waals surface area contributed by atoms with Crippen LogP contribution < -0.4 is 5.56 Å². The summed E-state index contributed by atoms with van der Waals surface area (Å²) in [5.74, 6) is 0.0562. The second-order valence-electron chi connectivity index (χ2n) is 7.24. The second-order valence-corrected chi connectivity index (χ2v) is 7.63. The number of aromatic nitrogens is 2. The van der Waals surface area contributed by atoms with E-state index in [1.807, 2.05) is 4.90 Å². The highest BCUT2D eigenvalue weighted by Gasteiger charge is 2.41. The van der Waals surface area contributed by atoms with Crippen molar-refractivity contribution in [3.8, 4) is 0 Å². The topological polar surface area (TPSA) is 58.1 Å². The van der Waals surface area contributed by atoms with Gasteiger partial charge < -0.3 is 9.88 Å². The molecule has 2 aromatic rings. The summed E-state index contributed by atoms with van der Waals surface area (Å²) in [5.41, 5.74) is 1.47. The van der Waals surface area contributed by atoms with Crippen LogP contribution in [0.4, 0.5) is 0 Å². The zero-order valence-corrected chi connectivity index (χ0v) is 14.6. The van der Waals surface area contributed by atoms with Crippen molar-refractivity contribution >= 4 is 29.0 Å². The molecule has 4 rings (SSSR count). The van der Waals surface area contributed by atoms with Gasteiger partial charge >= 0.3 is 0 Å². The summed E-state index contributed by atoms with van der Waals surface area (Å²) in [4.78, 5) is 30.1. The molecule has 1 spiro atoms. The fourth-order valence-electron chi connectivity index (χ4n) is 4.26. The Morgan fingerprint density at radius 1 is 1.25 bits per heavy atom. The standard InChI is InChI=1S/C18H21N3O2S/c1-20-16(23)13-5-4-12(10-14(13)19-17(20)24)15(22)21-9-8-18(11-21)6-2-3-7-18/h4-5,10H,2-3,6-9,11H2,1H3,(H,19,24). The number of hydrogen-bond acceptors (Lipinski definition) is 3. The van der Waals surface area contributed by atoms with E-state index >= 15 is 0 Å². The number of benzene rings is 1. The van der Waals surface area contributed by atoms with Gasteiger partial charge in [0, 0.05) is 25.7 Å². The number of fused-ring (bicyclic) bond motifs is 1. The van der Waals surface area contributed by atoms with E-state index in [4.69, 9.17) is 12.2 Å². The summed E-state index contributed by atoms with van der Waals surface area (Å²) in [5, 5.41) is 0.552. The molecule has 0 atom stereocenters. The number of carbonyl (C=O) groups is 1. The second kappa shape index (κ2) is 5.55. The van der Waals surface area contributed by atoms with E-state index in [0.29, 0.717) is 26.7 Å². The van der Waals surface area contributed by atoms with Crippen LogP contribution in [-0.2, 0) is 7.05 Å². The number of H-pyrrole nitrogens is 1. The average Bonchev–Trinajstić information content (AvgIpc) is 3.22. The van der Waals surface area contributed by atoms with Crippen LogP contribution >= 0.6 is 12.2 Å². The van der Waals surface area contributed by atoms with Gasteiger partial charge in [-0.05, 0) is 55.1 Å². The van der Waals surface area contributed by atoms with Crippen molar-refractivity contribution < 1.29 is 4.79 Å². The Hall–Kier alpha value is -1.95. The maximum Gasteiger partial charge on any atom is 0.261 e. The van der Waals surface area contributed by atoms with Crippen LogP contribution in [0, 0.1) is 10.2 Å². The monoisotopic (exact) mass is 343 g/mol. The van der Waals surface area contributed by atoms with E-state index < -0.39 is 0 Å². The first kappa shape index (κ1) is 15.6. The lowest BCUT2D eigenvalue weighted by molar-refractivity contribution is 0.0773. The highest BCUT2D eigenvalue weighted by atomic mass is 32.1. The van der Waals surface area contributed by atoms with Crippen molar-refractivity contribution in [1.82, 2.24) is 14.5 Å². The molecule has 1 aromatic carbocycles. The Morgan fingerprint density at radius 3 is 2.75 bits per heavy atom. The molecule has 1 N–H and O–H groups in total. The van der Waals surface area contributed by atoms with Gasteiger partial charge in [-0.1, -0.05) is 12.8 Å². The number of rotatable bonds is 1. The number of aromatic amines is 1. The summed E-state index contributed by atoms with van der Waals surface area (Å²) >= 11 is 5.16. The zero-order valence-electron chi connectivity index (χ0n) is 13.8. The minimum atomic E-state index is -0.140. The highest BCUT2D eigenvalue weighted by molar-refractivity contribution is 7.71. The minimum Gasteiger partial charge on any atom is -0.338 e.